The number of ether oxygens (including phenoxy) is 1. The first kappa shape index (κ1) is 16.4. The molecule has 0 unspecified atom stereocenters. The second-order valence-corrected chi connectivity index (χ2v) is 7.11. The molecule has 0 spiro atoms. The normalized spacial score (nSPS) is 27.0. The zero-order valence-electron chi connectivity index (χ0n) is 13.8. The maximum absolute atomic E-state index is 6.05. The zero-order chi connectivity index (χ0) is 15.5. The minimum Gasteiger partial charge on any atom is -0.367 e. The molecule has 1 saturated carbocycles. The molecule has 1 aromatic rings. The van der Waals surface area contributed by atoms with Gasteiger partial charge in [-0.25, -0.2) is 0 Å². The first-order valence-corrected chi connectivity index (χ1v) is 8.10. The fourth-order valence-electron chi connectivity index (χ4n) is 2.91. The van der Waals surface area contributed by atoms with E-state index in [-0.39, 0.29) is 11.1 Å². The van der Waals surface area contributed by atoms with E-state index in [4.69, 9.17) is 15.0 Å². The van der Waals surface area contributed by atoms with Gasteiger partial charge >= 0.3 is 0 Å². The van der Waals surface area contributed by atoms with Crippen molar-refractivity contribution in [1.29, 1.82) is 0 Å². The molecule has 5 nitrogen and oxygen atoms in total. The highest BCUT2D eigenvalue weighted by atomic mass is 16.5. The summed E-state index contributed by atoms with van der Waals surface area (Å²) < 4.78 is 11.5. The van der Waals surface area contributed by atoms with Crippen LogP contribution in [0.5, 0.6) is 0 Å². The van der Waals surface area contributed by atoms with Gasteiger partial charge < -0.3 is 15.0 Å². The topological polar surface area (TPSA) is 74.2 Å². The Kier molecular flexibility index (Phi) is 5.04. The molecule has 0 amide bonds. The van der Waals surface area contributed by atoms with Crippen molar-refractivity contribution in [1.82, 2.24) is 10.1 Å². The third-order valence-corrected chi connectivity index (χ3v) is 4.36. The van der Waals surface area contributed by atoms with Crippen LogP contribution in [0, 0.1) is 5.92 Å². The average Bonchev–Trinajstić information content (AvgIpc) is 2.88. The van der Waals surface area contributed by atoms with Gasteiger partial charge in [0.05, 0.1) is 0 Å². The molecule has 1 heterocycles. The van der Waals surface area contributed by atoms with Crippen molar-refractivity contribution >= 4 is 0 Å². The Bertz CT molecular complexity index is 443. The van der Waals surface area contributed by atoms with Gasteiger partial charge in [-0.2, -0.15) is 4.98 Å². The van der Waals surface area contributed by atoms with Crippen molar-refractivity contribution in [3.05, 3.63) is 11.7 Å². The summed E-state index contributed by atoms with van der Waals surface area (Å²) in [6.07, 6.45) is 5.80. The van der Waals surface area contributed by atoms with Gasteiger partial charge in [0, 0.05) is 18.6 Å². The summed E-state index contributed by atoms with van der Waals surface area (Å²) in [6, 6.07) is 0. The molecule has 120 valence electrons. The summed E-state index contributed by atoms with van der Waals surface area (Å²) in [4.78, 5) is 4.59. The quantitative estimate of drug-likeness (QED) is 0.872. The van der Waals surface area contributed by atoms with Crippen LogP contribution in [0.25, 0.3) is 0 Å². The highest BCUT2D eigenvalue weighted by Crippen LogP contribution is 2.41. The maximum Gasteiger partial charge on any atom is 0.226 e. The molecular weight excluding hydrogens is 266 g/mol. The molecule has 2 N–H and O–H groups in total. The molecule has 21 heavy (non-hydrogen) atoms. The van der Waals surface area contributed by atoms with E-state index in [0.29, 0.717) is 12.5 Å². The molecule has 1 aliphatic rings. The highest BCUT2D eigenvalue weighted by Gasteiger charge is 2.40. The monoisotopic (exact) mass is 295 g/mol. The lowest BCUT2D eigenvalue weighted by Gasteiger charge is -2.36. The Morgan fingerprint density at radius 1 is 1.38 bits per heavy atom. The van der Waals surface area contributed by atoms with Crippen LogP contribution in [0.2, 0.25) is 0 Å². The van der Waals surface area contributed by atoms with E-state index in [0.717, 1.165) is 50.3 Å². The number of rotatable bonds is 6. The number of aromatic nitrogens is 2. The minimum atomic E-state index is -0.346. The van der Waals surface area contributed by atoms with E-state index in [1.54, 1.807) is 0 Å². The van der Waals surface area contributed by atoms with Crippen LogP contribution in [0.1, 0.15) is 71.5 Å². The van der Waals surface area contributed by atoms with Crippen LogP contribution in [-0.2, 0) is 16.8 Å². The first-order valence-electron chi connectivity index (χ1n) is 8.10. The van der Waals surface area contributed by atoms with Gasteiger partial charge in [-0.15, -0.1) is 0 Å². The highest BCUT2D eigenvalue weighted by molar-refractivity contribution is 5.04. The van der Waals surface area contributed by atoms with E-state index >= 15 is 0 Å². The minimum absolute atomic E-state index is 0.216. The van der Waals surface area contributed by atoms with E-state index in [2.05, 4.69) is 17.1 Å². The Morgan fingerprint density at radius 2 is 2.05 bits per heavy atom. The lowest BCUT2D eigenvalue weighted by molar-refractivity contribution is -0.0847. The molecule has 1 fully saturated rings. The van der Waals surface area contributed by atoms with E-state index < -0.39 is 0 Å². The number of hydrogen-bond donors (Lipinski definition) is 1. The summed E-state index contributed by atoms with van der Waals surface area (Å²) in [7, 11) is 0. The number of hydrogen-bond acceptors (Lipinski definition) is 5. The fraction of sp³-hybridized carbons (Fsp3) is 0.875. The Hall–Kier alpha value is -0.940. The number of aryl methyl sites for hydroxylation is 1. The Balaban J connectivity index is 2.09. The van der Waals surface area contributed by atoms with Crippen LogP contribution >= 0.6 is 0 Å². The van der Waals surface area contributed by atoms with Crippen LogP contribution in [0.4, 0.5) is 0 Å². The average molecular weight is 295 g/mol. The van der Waals surface area contributed by atoms with E-state index in [1.165, 1.54) is 0 Å². The van der Waals surface area contributed by atoms with Crippen molar-refractivity contribution in [2.24, 2.45) is 11.7 Å². The lowest BCUT2D eigenvalue weighted by atomic mass is 9.79. The van der Waals surface area contributed by atoms with Crippen molar-refractivity contribution in [3.8, 4) is 0 Å². The van der Waals surface area contributed by atoms with Crippen molar-refractivity contribution in [2.45, 2.75) is 77.4 Å². The van der Waals surface area contributed by atoms with Crippen molar-refractivity contribution in [3.63, 3.8) is 0 Å². The summed E-state index contributed by atoms with van der Waals surface area (Å²) in [5, 5.41) is 4.20. The molecule has 0 aliphatic heterocycles. The molecule has 1 aliphatic carbocycles. The van der Waals surface area contributed by atoms with E-state index in [1.807, 2.05) is 20.8 Å². The van der Waals surface area contributed by atoms with Gasteiger partial charge in [-0.1, -0.05) is 12.1 Å². The second kappa shape index (κ2) is 6.44. The van der Waals surface area contributed by atoms with Gasteiger partial charge in [0.1, 0.15) is 5.60 Å². The largest absolute Gasteiger partial charge is 0.367 e. The summed E-state index contributed by atoms with van der Waals surface area (Å²) >= 11 is 0. The predicted octanol–water partition coefficient (Wildman–Crippen LogP) is 3.18. The molecule has 5 heteroatoms. The first-order chi connectivity index (χ1) is 9.85. The van der Waals surface area contributed by atoms with Crippen LogP contribution in [0.15, 0.2) is 4.52 Å². The van der Waals surface area contributed by atoms with Gasteiger partial charge in [0.25, 0.3) is 0 Å². The summed E-state index contributed by atoms with van der Waals surface area (Å²) in [6.45, 7) is 9.01. The zero-order valence-corrected chi connectivity index (χ0v) is 13.8. The number of nitrogens with two attached hydrogens (primary N) is 1. The third-order valence-electron chi connectivity index (χ3n) is 4.36. The number of nitrogens with zero attached hydrogens (tertiary/aromatic N) is 2. The molecule has 0 radical (unpaired) electrons. The summed E-state index contributed by atoms with van der Waals surface area (Å²) in [5.41, 5.74) is 5.45. The summed E-state index contributed by atoms with van der Waals surface area (Å²) in [5.74, 6) is 2.14. The third kappa shape index (κ3) is 4.27. The SMILES string of the molecule is CCOC1(c2noc(CCC(C)(C)N)n2)CCC(C)CC1. The standard InChI is InChI=1S/C16H29N3O2/c1-5-20-16(10-6-12(2)7-11-16)14-18-13(21-19-14)8-9-15(3,4)17/h12H,5-11,17H2,1-4H3. The molecule has 2 rings (SSSR count). The molecule has 0 aromatic carbocycles. The lowest BCUT2D eigenvalue weighted by Crippen LogP contribution is -2.35. The smallest absolute Gasteiger partial charge is 0.226 e. The van der Waals surface area contributed by atoms with Gasteiger partial charge in [0.2, 0.25) is 11.7 Å². The second-order valence-electron chi connectivity index (χ2n) is 7.11. The van der Waals surface area contributed by atoms with Crippen LogP contribution in [0.3, 0.4) is 0 Å². The van der Waals surface area contributed by atoms with Crippen molar-refractivity contribution < 1.29 is 9.26 Å². The van der Waals surface area contributed by atoms with Gasteiger partial charge in [0.15, 0.2) is 0 Å². The Labute approximate surface area is 127 Å². The van der Waals surface area contributed by atoms with E-state index in [9.17, 15) is 0 Å². The molecule has 0 bridgehead atoms. The molecule has 1 aromatic heterocycles. The maximum atomic E-state index is 6.05. The fourth-order valence-corrected chi connectivity index (χ4v) is 2.91. The predicted molar refractivity (Wildman–Crippen MR) is 81.8 cm³/mol. The molecular formula is C16H29N3O2. The Morgan fingerprint density at radius 3 is 2.62 bits per heavy atom. The van der Waals surface area contributed by atoms with Gasteiger partial charge in [-0.05, 0) is 58.8 Å². The van der Waals surface area contributed by atoms with Gasteiger partial charge in [-0.3, -0.25) is 0 Å². The van der Waals surface area contributed by atoms with Crippen LogP contribution < -0.4 is 5.73 Å². The molecule has 0 saturated heterocycles. The molecule has 0 atom stereocenters. The van der Waals surface area contributed by atoms with Crippen molar-refractivity contribution in [2.75, 3.05) is 6.61 Å². The van der Waals surface area contributed by atoms with Crippen LogP contribution in [-0.4, -0.2) is 22.3 Å².